The fraction of sp³-hybridized carbons (Fsp3) is 0.577. The molecule has 4 nitrogen and oxygen atoms in total. The molecule has 2 atom stereocenters. The quantitative estimate of drug-likeness (QED) is 0.141. The summed E-state index contributed by atoms with van der Waals surface area (Å²) in [6.07, 6.45) is 6.20. The third-order valence-corrected chi connectivity index (χ3v) is 13.4. The van der Waals surface area contributed by atoms with Crippen molar-refractivity contribution in [3.05, 3.63) is 50.6 Å². The van der Waals surface area contributed by atoms with Gasteiger partial charge in [-0.25, -0.2) is 0 Å². The predicted octanol–water partition coefficient (Wildman–Crippen LogP) is 6.47. The molecule has 0 N–H and O–H groups in total. The fourth-order valence-electron chi connectivity index (χ4n) is 3.76. The van der Waals surface area contributed by atoms with E-state index in [1.807, 2.05) is 24.3 Å². The van der Waals surface area contributed by atoms with Crippen LogP contribution in [0.3, 0.4) is 0 Å². The minimum Gasteiger partial charge on any atom is -0.0530 e. The van der Waals surface area contributed by atoms with Crippen LogP contribution in [0.5, 0.6) is 5.75 Å². The molecule has 0 spiro atoms. The first-order valence-corrected chi connectivity index (χ1v) is 21.4. The molecule has 1 saturated heterocycles. The SMILES string of the molecule is COc1ccc(COC/C(C)=C/CC[C@H](C)C[C@@H]2C/C(=[C](\C)[Sn]([CH3])([CH3])[CH3])C(=O)O2)cc1. The molecular weight excluding hydrogens is 495 g/mol. The first-order valence-electron chi connectivity index (χ1n) is 11.4. The number of carbonyl (C=O) groups excluding carboxylic acids is 1. The maximum absolute atomic E-state index is 12.3. The van der Waals surface area contributed by atoms with E-state index in [0.717, 1.165) is 42.6 Å². The molecule has 1 aliphatic rings. The van der Waals surface area contributed by atoms with Crippen LogP contribution < -0.4 is 4.74 Å². The van der Waals surface area contributed by atoms with Crippen LogP contribution >= 0.6 is 0 Å². The van der Waals surface area contributed by atoms with Gasteiger partial charge in [0, 0.05) is 0 Å². The summed E-state index contributed by atoms with van der Waals surface area (Å²) in [5.74, 6) is 1.33. The fourth-order valence-corrected chi connectivity index (χ4v) is 6.92. The summed E-state index contributed by atoms with van der Waals surface area (Å²) in [5.41, 5.74) is 3.38. The van der Waals surface area contributed by atoms with Crippen LogP contribution in [0.15, 0.2) is 45.1 Å². The Morgan fingerprint density at radius 1 is 1.23 bits per heavy atom. The molecule has 0 saturated carbocycles. The number of allylic oxidation sites excluding steroid dienone is 2. The summed E-state index contributed by atoms with van der Waals surface area (Å²) in [4.78, 5) is 19.4. The van der Waals surface area contributed by atoms with E-state index in [0.29, 0.717) is 19.1 Å². The number of carbonyl (C=O) groups is 1. The van der Waals surface area contributed by atoms with Gasteiger partial charge in [-0.1, -0.05) is 12.1 Å². The van der Waals surface area contributed by atoms with Crippen LogP contribution in [0.4, 0.5) is 0 Å². The molecule has 0 amide bonds. The Morgan fingerprint density at radius 3 is 2.52 bits per heavy atom. The van der Waals surface area contributed by atoms with Gasteiger partial charge in [-0.3, -0.25) is 0 Å². The Morgan fingerprint density at radius 2 is 1.90 bits per heavy atom. The topological polar surface area (TPSA) is 44.8 Å². The Bertz CT molecular complexity index is 787. The first-order chi connectivity index (χ1) is 14.6. The second-order valence-corrected chi connectivity index (χ2v) is 24.9. The summed E-state index contributed by atoms with van der Waals surface area (Å²) >= 11 is -2.20. The van der Waals surface area contributed by atoms with E-state index in [1.54, 1.807) is 7.11 Å². The largest absolute Gasteiger partial charge is 0.0530 e. The van der Waals surface area contributed by atoms with Crippen LogP contribution in [0.2, 0.25) is 14.8 Å². The monoisotopic (exact) mass is 536 g/mol. The summed E-state index contributed by atoms with van der Waals surface area (Å²) in [7, 11) is 1.67. The summed E-state index contributed by atoms with van der Waals surface area (Å²) in [6, 6.07) is 7.97. The molecule has 1 fully saturated rings. The molecule has 1 aromatic rings. The second-order valence-electron chi connectivity index (χ2n) is 9.89. The van der Waals surface area contributed by atoms with Gasteiger partial charge in [0.2, 0.25) is 0 Å². The van der Waals surface area contributed by atoms with Crippen molar-refractivity contribution in [1.82, 2.24) is 0 Å². The molecular formula is C26H40O4Sn. The zero-order valence-corrected chi connectivity index (χ0v) is 23.3. The van der Waals surface area contributed by atoms with E-state index >= 15 is 0 Å². The van der Waals surface area contributed by atoms with Crippen molar-refractivity contribution in [3.8, 4) is 5.75 Å². The molecule has 1 aromatic carbocycles. The Labute approximate surface area is 192 Å². The summed E-state index contributed by atoms with van der Waals surface area (Å²) in [5, 5.41) is 0. The standard InChI is InChI=1S/C23H31O4.3CH3.Sn/c1-5-20-14-22(27-23(20)24)13-17(2)7-6-8-18(3)15-26-16-19-9-11-21(25-4)12-10-19;;;;/h8-12,17,22H,6-7,13-16H2,1-4H3;3*1H3;/b18-8+,20-5?;;;;/t17-,22+;;;;/m0..../s1. The van der Waals surface area contributed by atoms with E-state index in [4.69, 9.17) is 14.2 Å². The molecule has 2 rings (SSSR count). The van der Waals surface area contributed by atoms with Gasteiger partial charge in [-0.2, -0.15) is 0 Å². The Kier molecular flexibility index (Phi) is 10.1. The van der Waals surface area contributed by atoms with Crippen molar-refractivity contribution in [2.45, 2.75) is 74.0 Å². The molecule has 0 bridgehead atoms. The predicted molar refractivity (Wildman–Crippen MR) is 130 cm³/mol. The van der Waals surface area contributed by atoms with Gasteiger partial charge in [-0.15, -0.1) is 0 Å². The number of rotatable bonds is 11. The van der Waals surface area contributed by atoms with E-state index in [1.165, 1.54) is 9.16 Å². The van der Waals surface area contributed by atoms with Crippen molar-refractivity contribution in [3.63, 3.8) is 0 Å². The number of esters is 1. The molecule has 1 heterocycles. The van der Waals surface area contributed by atoms with E-state index in [2.05, 4.69) is 41.7 Å². The van der Waals surface area contributed by atoms with Gasteiger partial charge < -0.3 is 4.74 Å². The Balaban J connectivity index is 1.70. The van der Waals surface area contributed by atoms with E-state index in [9.17, 15) is 4.79 Å². The van der Waals surface area contributed by atoms with Crippen molar-refractivity contribution >= 4 is 24.3 Å². The van der Waals surface area contributed by atoms with Gasteiger partial charge >= 0.3 is 139 Å². The molecule has 0 unspecified atom stereocenters. The second kappa shape index (κ2) is 12.1. The third-order valence-electron chi connectivity index (χ3n) is 6.10. The molecule has 0 radical (unpaired) electrons. The van der Waals surface area contributed by atoms with Crippen molar-refractivity contribution in [1.29, 1.82) is 0 Å². The van der Waals surface area contributed by atoms with E-state index < -0.39 is 18.4 Å². The number of hydrogen-bond acceptors (Lipinski definition) is 4. The van der Waals surface area contributed by atoms with Gasteiger partial charge in [0.15, 0.2) is 0 Å². The summed E-state index contributed by atoms with van der Waals surface area (Å²) < 4.78 is 18.1. The molecule has 0 aromatic heterocycles. The molecule has 5 heteroatoms. The third kappa shape index (κ3) is 8.64. The Hall–Kier alpha value is -1.27. The number of benzene rings is 1. The van der Waals surface area contributed by atoms with Crippen LogP contribution in [-0.4, -0.2) is 44.2 Å². The maximum Gasteiger partial charge on any atom is -0.0196 e. The maximum atomic E-state index is 12.3. The van der Waals surface area contributed by atoms with Crippen molar-refractivity contribution in [2.75, 3.05) is 13.7 Å². The first kappa shape index (κ1) is 26.0. The number of hydrogen-bond donors (Lipinski definition) is 0. The van der Waals surface area contributed by atoms with Gasteiger partial charge in [-0.05, 0) is 17.7 Å². The molecule has 31 heavy (non-hydrogen) atoms. The number of methoxy groups -OCH3 is 1. The normalized spacial score (nSPS) is 19.9. The van der Waals surface area contributed by atoms with E-state index in [-0.39, 0.29) is 12.1 Å². The van der Waals surface area contributed by atoms with Gasteiger partial charge in [0.25, 0.3) is 0 Å². The van der Waals surface area contributed by atoms with Crippen LogP contribution in [0.25, 0.3) is 0 Å². The zero-order chi connectivity index (χ0) is 23.0. The smallest absolute Gasteiger partial charge is 0.0196 e. The number of ether oxygens (including phenoxy) is 3. The van der Waals surface area contributed by atoms with Crippen molar-refractivity contribution in [2.24, 2.45) is 5.92 Å². The van der Waals surface area contributed by atoms with Crippen molar-refractivity contribution < 1.29 is 19.0 Å². The summed E-state index contributed by atoms with van der Waals surface area (Å²) in [6.45, 7) is 7.78. The zero-order valence-electron chi connectivity index (χ0n) is 20.4. The molecule has 172 valence electrons. The molecule has 0 aliphatic carbocycles. The number of cyclic esters (lactones) is 1. The minimum atomic E-state index is -2.20. The van der Waals surface area contributed by atoms with Crippen LogP contribution in [-0.2, 0) is 20.9 Å². The average Bonchev–Trinajstić information content (AvgIpc) is 3.06. The van der Waals surface area contributed by atoms with Gasteiger partial charge in [0.05, 0.1) is 13.7 Å². The van der Waals surface area contributed by atoms with Gasteiger partial charge in [0.1, 0.15) is 5.75 Å². The minimum absolute atomic E-state index is 0.0546. The molecule has 1 aliphatic heterocycles. The average molecular weight is 535 g/mol. The van der Waals surface area contributed by atoms with Crippen LogP contribution in [0, 0.1) is 5.92 Å². The van der Waals surface area contributed by atoms with Crippen LogP contribution in [0.1, 0.15) is 52.0 Å².